The van der Waals surface area contributed by atoms with Crippen molar-refractivity contribution >= 4 is 15.9 Å². The standard InChI is InChI=1S/C23H27F2N3O3S/c24-21-8-4-5-19(22(21)25)17-26-13-15-27(16-14-26)23(29)18-9-11-28(12-10-18)32(30,31)20-6-2-1-3-7-20/h1-8,18H,9-17H2. The third-order valence-corrected chi connectivity index (χ3v) is 8.21. The Hall–Kier alpha value is -2.36. The summed E-state index contributed by atoms with van der Waals surface area (Å²) in [5.74, 6) is -1.80. The molecule has 0 unspecified atom stereocenters. The first-order valence-electron chi connectivity index (χ1n) is 10.9. The second kappa shape index (κ2) is 9.64. The summed E-state index contributed by atoms with van der Waals surface area (Å²) < 4.78 is 54.3. The van der Waals surface area contributed by atoms with Gasteiger partial charge < -0.3 is 4.90 Å². The van der Waals surface area contributed by atoms with Gasteiger partial charge in [0.05, 0.1) is 4.90 Å². The number of sulfonamides is 1. The molecular weight excluding hydrogens is 436 g/mol. The maximum Gasteiger partial charge on any atom is 0.243 e. The second-order valence-corrected chi connectivity index (χ2v) is 10.2. The van der Waals surface area contributed by atoms with Crippen molar-refractivity contribution in [2.24, 2.45) is 5.92 Å². The molecule has 2 saturated heterocycles. The molecule has 0 bridgehead atoms. The molecule has 9 heteroatoms. The molecule has 0 saturated carbocycles. The van der Waals surface area contributed by atoms with Gasteiger partial charge in [-0.2, -0.15) is 4.31 Å². The minimum absolute atomic E-state index is 0.0540. The number of carbonyl (C=O) groups is 1. The molecule has 0 N–H and O–H groups in total. The average Bonchev–Trinajstić information content (AvgIpc) is 2.83. The summed E-state index contributed by atoms with van der Waals surface area (Å²) in [4.78, 5) is 17.1. The van der Waals surface area contributed by atoms with Gasteiger partial charge in [-0.3, -0.25) is 9.69 Å². The van der Waals surface area contributed by atoms with Gasteiger partial charge in [0.15, 0.2) is 11.6 Å². The van der Waals surface area contributed by atoms with Gasteiger partial charge in [-0.25, -0.2) is 17.2 Å². The lowest BCUT2D eigenvalue weighted by Gasteiger charge is -2.38. The molecule has 2 aliphatic heterocycles. The second-order valence-electron chi connectivity index (χ2n) is 8.31. The van der Waals surface area contributed by atoms with Crippen LogP contribution in [0.25, 0.3) is 0 Å². The highest BCUT2D eigenvalue weighted by Crippen LogP contribution is 2.25. The highest BCUT2D eigenvalue weighted by molar-refractivity contribution is 7.89. The minimum Gasteiger partial charge on any atom is -0.340 e. The van der Waals surface area contributed by atoms with Crippen molar-refractivity contribution in [1.82, 2.24) is 14.1 Å². The largest absolute Gasteiger partial charge is 0.340 e. The first-order chi connectivity index (χ1) is 15.4. The van der Waals surface area contributed by atoms with Crippen molar-refractivity contribution in [1.29, 1.82) is 0 Å². The lowest BCUT2D eigenvalue weighted by atomic mass is 9.96. The summed E-state index contributed by atoms with van der Waals surface area (Å²) in [5.41, 5.74) is 0.316. The Balaban J connectivity index is 1.28. The topological polar surface area (TPSA) is 60.9 Å². The van der Waals surface area contributed by atoms with E-state index in [1.54, 1.807) is 36.4 Å². The van der Waals surface area contributed by atoms with E-state index in [1.165, 1.54) is 10.4 Å². The molecule has 2 heterocycles. The molecule has 0 aromatic heterocycles. The number of nitrogens with zero attached hydrogens (tertiary/aromatic N) is 3. The number of halogens is 2. The van der Waals surface area contributed by atoms with Gasteiger partial charge in [0.1, 0.15) is 0 Å². The number of hydrogen-bond donors (Lipinski definition) is 0. The molecular formula is C23H27F2N3O3S. The molecule has 32 heavy (non-hydrogen) atoms. The molecule has 0 spiro atoms. The summed E-state index contributed by atoms with van der Waals surface area (Å²) in [5, 5.41) is 0. The van der Waals surface area contributed by atoms with Crippen LogP contribution in [0.3, 0.4) is 0 Å². The van der Waals surface area contributed by atoms with E-state index in [4.69, 9.17) is 0 Å². The first-order valence-corrected chi connectivity index (χ1v) is 12.3. The summed E-state index contributed by atoms with van der Waals surface area (Å²) >= 11 is 0. The molecule has 2 aromatic carbocycles. The molecule has 0 aliphatic carbocycles. The van der Waals surface area contributed by atoms with Crippen LogP contribution in [-0.4, -0.2) is 67.7 Å². The Labute approximate surface area is 187 Å². The summed E-state index contributed by atoms with van der Waals surface area (Å²) in [7, 11) is -3.54. The van der Waals surface area contributed by atoms with E-state index in [9.17, 15) is 22.0 Å². The fourth-order valence-corrected chi connectivity index (χ4v) is 5.87. The third-order valence-electron chi connectivity index (χ3n) is 6.29. The van der Waals surface area contributed by atoms with Crippen molar-refractivity contribution in [3.8, 4) is 0 Å². The third kappa shape index (κ3) is 4.84. The van der Waals surface area contributed by atoms with Gasteiger partial charge in [0, 0.05) is 57.3 Å². The van der Waals surface area contributed by atoms with Crippen LogP contribution in [0, 0.1) is 17.6 Å². The van der Waals surface area contributed by atoms with Crippen LogP contribution in [0.5, 0.6) is 0 Å². The van der Waals surface area contributed by atoms with Gasteiger partial charge >= 0.3 is 0 Å². The zero-order chi connectivity index (χ0) is 22.7. The zero-order valence-corrected chi connectivity index (χ0v) is 18.6. The van der Waals surface area contributed by atoms with Crippen LogP contribution in [0.1, 0.15) is 18.4 Å². The van der Waals surface area contributed by atoms with E-state index in [0.717, 1.165) is 6.07 Å². The number of amides is 1. The molecule has 2 aromatic rings. The fraction of sp³-hybridized carbons (Fsp3) is 0.435. The van der Waals surface area contributed by atoms with E-state index in [1.807, 2.05) is 9.80 Å². The smallest absolute Gasteiger partial charge is 0.243 e. The van der Waals surface area contributed by atoms with Crippen molar-refractivity contribution in [2.45, 2.75) is 24.3 Å². The van der Waals surface area contributed by atoms with E-state index < -0.39 is 21.7 Å². The molecule has 2 aliphatic rings. The molecule has 1 amide bonds. The molecule has 0 atom stereocenters. The van der Waals surface area contributed by atoms with Crippen LogP contribution < -0.4 is 0 Å². The Morgan fingerprint density at radius 3 is 2.19 bits per heavy atom. The number of rotatable bonds is 5. The van der Waals surface area contributed by atoms with Crippen LogP contribution in [0.15, 0.2) is 53.4 Å². The average molecular weight is 464 g/mol. The van der Waals surface area contributed by atoms with Gasteiger partial charge in [-0.1, -0.05) is 30.3 Å². The van der Waals surface area contributed by atoms with Gasteiger partial charge in [-0.15, -0.1) is 0 Å². The number of piperidine rings is 1. The van der Waals surface area contributed by atoms with Gasteiger partial charge in [0.25, 0.3) is 0 Å². The predicted octanol–water partition coefficient (Wildman–Crippen LogP) is 2.71. The van der Waals surface area contributed by atoms with E-state index in [0.29, 0.717) is 64.2 Å². The molecule has 0 radical (unpaired) electrons. The molecule has 172 valence electrons. The van der Waals surface area contributed by atoms with Crippen molar-refractivity contribution in [2.75, 3.05) is 39.3 Å². The first kappa shape index (κ1) is 22.8. The van der Waals surface area contributed by atoms with Crippen molar-refractivity contribution in [3.05, 3.63) is 65.7 Å². The normalized spacial score (nSPS) is 19.2. The van der Waals surface area contributed by atoms with Crippen LogP contribution in [-0.2, 0) is 21.4 Å². The Morgan fingerprint density at radius 1 is 0.875 bits per heavy atom. The minimum atomic E-state index is -3.54. The molecule has 2 fully saturated rings. The number of carbonyl (C=O) groups excluding carboxylic acids is 1. The number of benzene rings is 2. The summed E-state index contributed by atoms with van der Waals surface area (Å²) in [6.07, 6.45) is 0.999. The monoisotopic (exact) mass is 463 g/mol. The predicted molar refractivity (Wildman–Crippen MR) is 116 cm³/mol. The summed E-state index contributed by atoms with van der Waals surface area (Å²) in [6.45, 7) is 3.18. The Bertz CT molecular complexity index is 1050. The van der Waals surface area contributed by atoms with Crippen molar-refractivity contribution in [3.63, 3.8) is 0 Å². The SMILES string of the molecule is O=C(C1CCN(S(=O)(=O)c2ccccc2)CC1)N1CCN(Cc2cccc(F)c2F)CC1. The van der Waals surface area contributed by atoms with Crippen molar-refractivity contribution < 1.29 is 22.0 Å². The Morgan fingerprint density at radius 2 is 1.53 bits per heavy atom. The highest BCUT2D eigenvalue weighted by Gasteiger charge is 2.34. The maximum atomic E-state index is 13.9. The Kier molecular flexibility index (Phi) is 6.88. The van der Waals surface area contributed by atoms with Gasteiger partial charge in [0.2, 0.25) is 15.9 Å². The quantitative estimate of drug-likeness (QED) is 0.684. The van der Waals surface area contributed by atoms with Crippen LogP contribution >= 0.6 is 0 Å². The molecule has 4 rings (SSSR count). The fourth-order valence-electron chi connectivity index (χ4n) is 4.38. The van der Waals surface area contributed by atoms with E-state index in [2.05, 4.69) is 0 Å². The van der Waals surface area contributed by atoms with E-state index in [-0.39, 0.29) is 16.7 Å². The van der Waals surface area contributed by atoms with Gasteiger partial charge in [-0.05, 0) is 31.0 Å². The number of piperazine rings is 1. The molecule has 6 nitrogen and oxygen atoms in total. The maximum absolute atomic E-state index is 13.9. The zero-order valence-electron chi connectivity index (χ0n) is 17.8. The lowest BCUT2D eigenvalue weighted by Crippen LogP contribution is -2.51. The van der Waals surface area contributed by atoms with Crippen LogP contribution in [0.2, 0.25) is 0 Å². The van der Waals surface area contributed by atoms with E-state index >= 15 is 0 Å². The highest BCUT2D eigenvalue weighted by atomic mass is 32.2. The summed E-state index contributed by atoms with van der Waals surface area (Å²) in [6, 6.07) is 12.5. The number of hydrogen-bond acceptors (Lipinski definition) is 4. The van der Waals surface area contributed by atoms with Crippen LogP contribution in [0.4, 0.5) is 8.78 Å². The lowest BCUT2D eigenvalue weighted by molar-refractivity contribution is -0.138.